The second-order valence-corrected chi connectivity index (χ2v) is 9.32. The van der Waals surface area contributed by atoms with Gasteiger partial charge in [0.15, 0.2) is 9.84 Å². The molecule has 0 atom stereocenters. The van der Waals surface area contributed by atoms with Gasteiger partial charge < -0.3 is 20.1 Å². The SMILES string of the molecule is COCCCNC(=O)CN(C)CCS(=O)(=O)CCN(C)CC(=O)NCCCOC. The van der Waals surface area contributed by atoms with Gasteiger partial charge in [0.05, 0.1) is 24.6 Å². The van der Waals surface area contributed by atoms with E-state index < -0.39 is 9.84 Å². The van der Waals surface area contributed by atoms with E-state index in [4.69, 9.17) is 9.47 Å². The summed E-state index contributed by atoms with van der Waals surface area (Å²) in [4.78, 5) is 26.9. The largest absolute Gasteiger partial charge is 0.385 e. The van der Waals surface area contributed by atoms with E-state index in [0.717, 1.165) is 12.8 Å². The summed E-state index contributed by atoms with van der Waals surface area (Å²) in [6.07, 6.45) is 1.47. The van der Waals surface area contributed by atoms with E-state index in [2.05, 4.69) is 10.6 Å². The van der Waals surface area contributed by atoms with Gasteiger partial charge >= 0.3 is 0 Å². The van der Waals surface area contributed by atoms with Gasteiger partial charge in [0, 0.05) is 53.6 Å². The van der Waals surface area contributed by atoms with Crippen molar-refractivity contribution in [3.63, 3.8) is 0 Å². The van der Waals surface area contributed by atoms with Crippen molar-refractivity contribution in [3.8, 4) is 0 Å². The summed E-state index contributed by atoms with van der Waals surface area (Å²) in [7, 11) is 3.36. The van der Waals surface area contributed by atoms with E-state index in [1.54, 1.807) is 38.1 Å². The third-order valence-corrected chi connectivity index (χ3v) is 5.70. The van der Waals surface area contributed by atoms with Crippen molar-refractivity contribution in [1.82, 2.24) is 20.4 Å². The molecule has 0 aromatic heterocycles. The molecule has 0 saturated heterocycles. The maximum absolute atomic E-state index is 12.2. The second-order valence-electron chi connectivity index (χ2n) is 7.02. The molecule has 0 aliphatic heterocycles. The Kier molecular flexibility index (Phi) is 15.8. The number of nitrogens with zero attached hydrogens (tertiary/aromatic N) is 2. The van der Waals surface area contributed by atoms with Gasteiger partial charge in [0.25, 0.3) is 0 Å². The summed E-state index contributed by atoms with van der Waals surface area (Å²) in [6.45, 7) is 3.07. The van der Waals surface area contributed by atoms with Gasteiger partial charge in [-0.2, -0.15) is 0 Å². The van der Waals surface area contributed by atoms with Crippen molar-refractivity contribution in [1.29, 1.82) is 0 Å². The zero-order valence-corrected chi connectivity index (χ0v) is 19.1. The van der Waals surface area contributed by atoms with Gasteiger partial charge in [0.1, 0.15) is 0 Å². The molecule has 0 fully saturated rings. The van der Waals surface area contributed by atoms with Crippen molar-refractivity contribution in [2.45, 2.75) is 12.8 Å². The number of likely N-dealkylation sites (N-methyl/N-ethyl adjacent to an activating group) is 2. The first-order valence-electron chi connectivity index (χ1n) is 9.79. The molecule has 2 amide bonds. The van der Waals surface area contributed by atoms with Crippen LogP contribution in [0.5, 0.6) is 0 Å². The van der Waals surface area contributed by atoms with E-state index in [-0.39, 0.29) is 49.5 Å². The number of sulfone groups is 1. The van der Waals surface area contributed by atoms with Gasteiger partial charge in [0.2, 0.25) is 11.8 Å². The van der Waals surface area contributed by atoms with E-state index >= 15 is 0 Å². The zero-order chi connectivity index (χ0) is 22.1. The molecule has 0 bridgehead atoms. The summed E-state index contributed by atoms with van der Waals surface area (Å²) < 4.78 is 34.3. The molecule has 0 aromatic carbocycles. The van der Waals surface area contributed by atoms with Crippen molar-refractivity contribution in [3.05, 3.63) is 0 Å². The number of rotatable bonds is 18. The van der Waals surface area contributed by atoms with Crippen LogP contribution >= 0.6 is 0 Å². The van der Waals surface area contributed by atoms with Crippen LogP contribution < -0.4 is 10.6 Å². The number of carbonyl (C=O) groups excluding carboxylic acids is 2. The second kappa shape index (κ2) is 16.5. The maximum Gasteiger partial charge on any atom is 0.234 e. The predicted molar refractivity (Wildman–Crippen MR) is 113 cm³/mol. The van der Waals surface area contributed by atoms with E-state index in [1.807, 2.05) is 0 Å². The van der Waals surface area contributed by atoms with Crippen LogP contribution in [0.25, 0.3) is 0 Å². The highest BCUT2D eigenvalue weighted by Gasteiger charge is 2.16. The lowest BCUT2D eigenvalue weighted by atomic mass is 10.4. The highest BCUT2D eigenvalue weighted by molar-refractivity contribution is 7.91. The standard InChI is InChI=1S/C18H38N4O6S/c1-21(15-17(23)19-7-5-11-27-3)9-13-29(25,26)14-10-22(2)16-18(24)20-8-6-12-28-4/h5-16H2,1-4H3,(H,19,23)(H,20,24). The Morgan fingerprint density at radius 1 is 0.793 bits per heavy atom. The summed E-state index contributed by atoms with van der Waals surface area (Å²) in [5.41, 5.74) is 0. The van der Waals surface area contributed by atoms with Crippen LogP contribution in [-0.4, -0.2) is 122 Å². The first-order chi connectivity index (χ1) is 13.7. The average molecular weight is 439 g/mol. The van der Waals surface area contributed by atoms with Gasteiger partial charge in [-0.25, -0.2) is 8.42 Å². The van der Waals surface area contributed by atoms with Crippen LogP contribution in [0.4, 0.5) is 0 Å². The average Bonchev–Trinajstić information content (AvgIpc) is 2.66. The van der Waals surface area contributed by atoms with Crippen LogP contribution in [0.15, 0.2) is 0 Å². The molecule has 0 radical (unpaired) electrons. The van der Waals surface area contributed by atoms with Crippen molar-refractivity contribution in [2.24, 2.45) is 0 Å². The molecule has 0 spiro atoms. The fraction of sp³-hybridized carbons (Fsp3) is 0.889. The maximum atomic E-state index is 12.2. The Morgan fingerprint density at radius 2 is 1.17 bits per heavy atom. The minimum Gasteiger partial charge on any atom is -0.385 e. The topological polar surface area (TPSA) is 117 Å². The fourth-order valence-electron chi connectivity index (χ4n) is 2.34. The number of hydrogen-bond donors (Lipinski definition) is 2. The monoisotopic (exact) mass is 438 g/mol. The molecular formula is C18H38N4O6S. The van der Waals surface area contributed by atoms with Crippen LogP contribution in [0.3, 0.4) is 0 Å². The Hall–Kier alpha value is -1.27. The molecule has 0 saturated carbocycles. The van der Waals surface area contributed by atoms with Crippen molar-refractivity contribution >= 4 is 21.7 Å². The molecule has 2 N–H and O–H groups in total. The first kappa shape index (κ1) is 27.7. The smallest absolute Gasteiger partial charge is 0.234 e. The summed E-state index contributed by atoms with van der Waals surface area (Å²) in [5, 5.41) is 5.53. The molecule has 0 aliphatic rings. The van der Waals surface area contributed by atoms with E-state index in [1.165, 1.54) is 0 Å². The lowest BCUT2D eigenvalue weighted by Gasteiger charge is -2.18. The molecule has 172 valence electrons. The van der Waals surface area contributed by atoms with Crippen LogP contribution in [0.2, 0.25) is 0 Å². The third-order valence-electron chi connectivity index (χ3n) is 4.09. The Balaban J connectivity index is 4.01. The fourth-order valence-corrected chi connectivity index (χ4v) is 3.72. The minimum atomic E-state index is -3.27. The number of carbonyl (C=O) groups is 2. The number of amides is 2. The lowest BCUT2D eigenvalue weighted by molar-refractivity contribution is -0.122. The molecule has 10 nitrogen and oxygen atoms in total. The van der Waals surface area contributed by atoms with Gasteiger partial charge in [-0.15, -0.1) is 0 Å². The minimum absolute atomic E-state index is 0.0302. The number of nitrogens with one attached hydrogen (secondary N) is 2. The number of hydrogen-bond acceptors (Lipinski definition) is 8. The quantitative estimate of drug-likeness (QED) is 0.250. The van der Waals surface area contributed by atoms with Crippen LogP contribution in [-0.2, 0) is 28.9 Å². The Bertz CT molecular complexity index is 517. The molecule has 0 aliphatic carbocycles. The normalized spacial score (nSPS) is 11.8. The van der Waals surface area contributed by atoms with E-state index in [9.17, 15) is 18.0 Å². The number of ether oxygens (including phenoxy) is 2. The Morgan fingerprint density at radius 3 is 1.52 bits per heavy atom. The Labute approximate surface area is 175 Å². The summed E-state index contributed by atoms with van der Waals surface area (Å²) >= 11 is 0. The third kappa shape index (κ3) is 17.3. The van der Waals surface area contributed by atoms with E-state index in [0.29, 0.717) is 26.3 Å². The molecular weight excluding hydrogens is 400 g/mol. The summed E-state index contributed by atoms with van der Waals surface area (Å²) in [5.74, 6) is -0.343. The molecule has 0 unspecified atom stereocenters. The predicted octanol–water partition coefficient (Wildman–Crippen LogP) is -1.43. The molecule has 0 heterocycles. The van der Waals surface area contributed by atoms with Gasteiger partial charge in [-0.3, -0.25) is 19.4 Å². The van der Waals surface area contributed by atoms with Crippen molar-refractivity contribution in [2.75, 3.05) is 92.3 Å². The molecule has 0 rings (SSSR count). The summed E-state index contributed by atoms with van der Waals surface area (Å²) in [6, 6.07) is 0. The lowest BCUT2D eigenvalue weighted by Crippen LogP contribution is -2.39. The van der Waals surface area contributed by atoms with Gasteiger partial charge in [-0.05, 0) is 26.9 Å². The molecule has 29 heavy (non-hydrogen) atoms. The molecule has 0 aromatic rings. The highest BCUT2D eigenvalue weighted by atomic mass is 32.2. The van der Waals surface area contributed by atoms with Crippen LogP contribution in [0, 0.1) is 0 Å². The van der Waals surface area contributed by atoms with Gasteiger partial charge in [-0.1, -0.05) is 0 Å². The first-order valence-corrected chi connectivity index (χ1v) is 11.6. The number of methoxy groups -OCH3 is 2. The van der Waals surface area contributed by atoms with Crippen molar-refractivity contribution < 1.29 is 27.5 Å². The van der Waals surface area contributed by atoms with Crippen LogP contribution in [0.1, 0.15) is 12.8 Å². The molecule has 11 heteroatoms. The highest BCUT2D eigenvalue weighted by Crippen LogP contribution is 1.95. The zero-order valence-electron chi connectivity index (χ0n) is 18.2.